The Morgan fingerprint density at radius 1 is 1.21 bits per heavy atom. The van der Waals surface area contributed by atoms with Crippen molar-refractivity contribution in [1.82, 2.24) is 19.8 Å². The van der Waals surface area contributed by atoms with E-state index in [0.29, 0.717) is 32.0 Å². The Labute approximate surface area is 168 Å². The number of aromatic nitrogens is 2. The lowest BCUT2D eigenvalue weighted by Crippen LogP contribution is -2.47. The number of nitrogens with zero attached hydrogens (tertiary/aromatic N) is 5. The predicted molar refractivity (Wildman–Crippen MR) is 109 cm³/mol. The molecule has 0 unspecified atom stereocenters. The van der Waals surface area contributed by atoms with E-state index in [-0.39, 0.29) is 23.1 Å². The molecule has 1 aromatic rings. The van der Waals surface area contributed by atoms with E-state index < -0.39 is 5.41 Å². The largest absolute Gasteiger partial charge is 0.348 e. The van der Waals surface area contributed by atoms with Crippen LogP contribution in [0.25, 0.3) is 0 Å². The number of hydrogen-bond donors (Lipinski definition) is 0. The summed E-state index contributed by atoms with van der Waals surface area (Å²) in [5, 5.41) is 0. The molecule has 2 atom stereocenters. The number of rotatable bonds is 3. The molecule has 0 aromatic carbocycles. The maximum atomic E-state index is 13.3. The second-order valence-corrected chi connectivity index (χ2v) is 9.66. The monoisotopic (exact) mass is 387 g/mol. The molecule has 2 fully saturated rings. The van der Waals surface area contributed by atoms with Crippen molar-refractivity contribution >= 4 is 17.8 Å². The van der Waals surface area contributed by atoms with Gasteiger partial charge in [-0.3, -0.25) is 9.59 Å². The number of carbonyl (C=O) groups excluding carboxylic acids is 2. The third-order valence-electron chi connectivity index (χ3n) is 5.89. The Balaban J connectivity index is 1.88. The Morgan fingerprint density at radius 2 is 1.89 bits per heavy atom. The van der Waals surface area contributed by atoms with Crippen LogP contribution in [-0.2, 0) is 9.59 Å². The van der Waals surface area contributed by atoms with Crippen molar-refractivity contribution in [1.29, 1.82) is 0 Å². The SMILES string of the molecule is CN(C)C(=O)[C@]12CCCN(C(=O)CC(C)(C)C)C[C@H]1CN(c1ncccn1)C2. The lowest BCUT2D eigenvalue weighted by Gasteiger charge is -2.34. The van der Waals surface area contributed by atoms with Gasteiger partial charge in [0.15, 0.2) is 0 Å². The second-order valence-electron chi connectivity index (χ2n) is 9.66. The van der Waals surface area contributed by atoms with Gasteiger partial charge >= 0.3 is 0 Å². The first-order valence-electron chi connectivity index (χ1n) is 10.1. The molecule has 2 aliphatic rings. The molecule has 0 aliphatic carbocycles. The van der Waals surface area contributed by atoms with E-state index in [1.807, 2.05) is 19.0 Å². The third kappa shape index (κ3) is 4.13. The summed E-state index contributed by atoms with van der Waals surface area (Å²) in [5.74, 6) is 1.09. The molecule has 0 N–H and O–H groups in total. The molecule has 3 heterocycles. The van der Waals surface area contributed by atoms with Crippen LogP contribution in [0.3, 0.4) is 0 Å². The fourth-order valence-corrected chi connectivity index (χ4v) is 4.63. The van der Waals surface area contributed by atoms with Gasteiger partial charge in [0.1, 0.15) is 0 Å². The van der Waals surface area contributed by atoms with Crippen LogP contribution in [0.2, 0.25) is 0 Å². The average molecular weight is 388 g/mol. The highest BCUT2D eigenvalue weighted by atomic mass is 16.2. The summed E-state index contributed by atoms with van der Waals surface area (Å²) >= 11 is 0. The molecule has 2 aliphatic heterocycles. The highest BCUT2D eigenvalue weighted by Gasteiger charge is 2.54. The summed E-state index contributed by atoms with van der Waals surface area (Å²) in [4.78, 5) is 40.8. The minimum Gasteiger partial charge on any atom is -0.348 e. The van der Waals surface area contributed by atoms with E-state index in [0.717, 1.165) is 19.4 Å². The van der Waals surface area contributed by atoms with Crippen LogP contribution in [-0.4, -0.2) is 71.9 Å². The molecule has 1 aromatic heterocycles. The summed E-state index contributed by atoms with van der Waals surface area (Å²) < 4.78 is 0. The van der Waals surface area contributed by atoms with Crippen molar-refractivity contribution in [2.75, 3.05) is 45.2 Å². The van der Waals surface area contributed by atoms with Crippen LogP contribution >= 0.6 is 0 Å². The Hall–Kier alpha value is -2.18. The molecule has 7 nitrogen and oxygen atoms in total. The van der Waals surface area contributed by atoms with E-state index in [2.05, 4.69) is 35.6 Å². The number of amides is 2. The molecule has 154 valence electrons. The predicted octanol–water partition coefficient (Wildman–Crippen LogP) is 2.05. The number of anilines is 1. The van der Waals surface area contributed by atoms with E-state index >= 15 is 0 Å². The van der Waals surface area contributed by atoms with Gasteiger partial charge in [0.2, 0.25) is 17.8 Å². The second kappa shape index (κ2) is 7.68. The Bertz CT molecular complexity index is 715. The first-order chi connectivity index (χ1) is 13.1. The number of likely N-dealkylation sites (tertiary alicyclic amines) is 1. The van der Waals surface area contributed by atoms with Gasteiger partial charge in [0.25, 0.3) is 0 Å². The number of carbonyl (C=O) groups is 2. The molecule has 0 bridgehead atoms. The molecule has 0 radical (unpaired) electrons. The summed E-state index contributed by atoms with van der Waals surface area (Å²) in [5.41, 5.74) is -0.529. The fourth-order valence-electron chi connectivity index (χ4n) is 4.63. The first kappa shape index (κ1) is 20.6. The third-order valence-corrected chi connectivity index (χ3v) is 5.89. The molecule has 7 heteroatoms. The summed E-state index contributed by atoms with van der Waals surface area (Å²) in [6.45, 7) is 8.93. The number of fused-ring (bicyclic) bond motifs is 1. The maximum absolute atomic E-state index is 13.3. The van der Waals surface area contributed by atoms with Crippen molar-refractivity contribution in [3.05, 3.63) is 18.5 Å². The van der Waals surface area contributed by atoms with Gasteiger partial charge < -0.3 is 14.7 Å². The van der Waals surface area contributed by atoms with Crippen molar-refractivity contribution in [2.24, 2.45) is 16.7 Å². The smallest absolute Gasteiger partial charge is 0.230 e. The van der Waals surface area contributed by atoms with Crippen LogP contribution < -0.4 is 4.90 Å². The Morgan fingerprint density at radius 3 is 2.50 bits per heavy atom. The molecule has 3 rings (SSSR count). The first-order valence-corrected chi connectivity index (χ1v) is 10.1. The lowest BCUT2D eigenvalue weighted by molar-refractivity contribution is -0.142. The van der Waals surface area contributed by atoms with Crippen molar-refractivity contribution in [3.8, 4) is 0 Å². The minimum absolute atomic E-state index is 0.0421. The molecule has 2 amide bonds. The standard InChI is InChI=1S/C21H33N5O2/c1-20(2,3)12-17(27)25-11-6-8-21(18(28)24(4)5)15-26(14-16(21)13-25)19-22-9-7-10-23-19/h7,9-10,16H,6,8,11-15H2,1-5H3/t16-,21-/m0/s1. The summed E-state index contributed by atoms with van der Waals surface area (Å²) in [6.07, 6.45) is 5.62. The normalized spacial score (nSPS) is 25.2. The van der Waals surface area contributed by atoms with Gasteiger partial charge in [0, 0.05) is 65.0 Å². The van der Waals surface area contributed by atoms with Crippen LogP contribution in [0.4, 0.5) is 5.95 Å². The quantitative estimate of drug-likeness (QED) is 0.794. The zero-order valence-electron chi connectivity index (χ0n) is 17.8. The summed E-state index contributed by atoms with van der Waals surface area (Å²) in [6, 6.07) is 1.80. The Kier molecular flexibility index (Phi) is 5.64. The van der Waals surface area contributed by atoms with Gasteiger partial charge in [-0.05, 0) is 24.3 Å². The molecular formula is C21H33N5O2. The van der Waals surface area contributed by atoms with Gasteiger partial charge in [-0.15, -0.1) is 0 Å². The summed E-state index contributed by atoms with van der Waals surface area (Å²) in [7, 11) is 3.65. The van der Waals surface area contributed by atoms with Crippen molar-refractivity contribution in [3.63, 3.8) is 0 Å². The van der Waals surface area contributed by atoms with Crippen molar-refractivity contribution in [2.45, 2.75) is 40.0 Å². The zero-order chi connectivity index (χ0) is 20.5. The van der Waals surface area contributed by atoms with E-state index in [1.54, 1.807) is 23.4 Å². The number of hydrogen-bond acceptors (Lipinski definition) is 5. The van der Waals surface area contributed by atoms with Crippen LogP contribution in [0.5, 0.6) is 0 Å². The molecule has 0 saturated carbocycles. The zero-order valence-corrected chi connectivity index (χ0v) is 17.8. The average Bonchev–Trinajstić information content (AvgIpc) is 2.89. The lowest BCUT2D eigenvalue weighted by atomic mass is 9.74. The molecular weight excluding hydrogens is 354 g/mol. The maximum Gasteiger partial charge on any atom is 0.230 e. The van der Waals surface area contributed by atoms with Gasteiger partial charge in [-0.25, -0.2) is 9.97 Å². The van der Waals surface area contributed by atoms with Gasteiger partial charge in [-0.2, -0.15) is 0 Å². The minimum atomic E-state index is -0.487. The molecule has 2 saturated heterocycles. The van der Waals surface area contributed by atoms with Crippen LogP contribution in [0.15, 0.2) is 18.5 Å². The van der Waals surface area contributed by atoms with Crippen LogP contribution in [0, 0.1) is 16.7 Å². The highest BCUT2D eigenvalue weighted by molar-refractivity contribution is 5.85. The van der Waals surface area contributed by atoms with Crippen molar-refractivity contribution < 1.29 is 9.59 Å². The molecule has 0 spiro atoms. The van der Waals surface area contributed by atoms with E-state index in [9.17, 15) is 9.59 Å². The molecule has 28 heavy (non-hydrogen) atoms. The van der Waals surface area contributed by atoms with Crippen LogP contribution in [0.1, 0.15) is 40.0 Å². The van der Waals surface area contributed by atoms with Gasteiger partial charge in [0.05, 0.1) is 5.41 Å². The van der Waals surface area contributed by atoms with E-state index in [1.165, 1.54) is 0 Å². The fraction of sp³-hybridized carbons (Fsp3) is 0.714. The van der Waals surface area contributed by atoms with E-state index in [4.69, 9.17) is 0 Å². The topological polar surface area (TPSA) is 69.6 Å². The highest BCUT2D eigenvalue weighted by Crippen LogP contribution is 2.44. The van der Waals surface area contributed by atoms with Gasteiger partial charge in [-0.1, -0.05) is 20.8 Å².